The van der Waals surface area contributed by atoms with Crippen molar-refractivity contribution in [1.82, 2.24) is 14.9 Å². The van der Waals surface area contributed by atoms with Gasteiger partial charge in [0, 0.05) is 17.8 Å². The van der Waals surface area contributed by atoms with E-state index in [2.05, 4.69) is 34.3 Å². The maximum Gasteiger partial charge on any atom is 0.222 e. The number of nitrogen functional groups attached to an aromatic ring is 1. The molecule has 0 fully saturated rings. The first-order chi connectivity index (χ1) is 7.50. The van der Waals surface area contributed by atoms with Gasteiger partial charge in [0.15, 0.2) is 0 Å². The monoisotopic (exact) mass is 223 g/mol. The van der Waals surface area contributed by atoms with Gasteiger partial charge in [-0.15, -0.1) is 0 Å². The zero-order valence-electron chi connectivity index (χ0n) is 10.5. The van der Waals surface area contributed by atoms with Crippen molar-refractivity contribution in [2.75, 3.05) is 38.2 Å². The Morgan fingerprint density at radius 2 is 1.94 bits per heavy atom. The van der Waals surface area contributed by atoms with Crippen molar-refractivity contribution in [3.63, 3.8) is 0 Å². The number of hydrogen-bond donors (Lipinski definition) is 2. The van der Waals surface area contributed by atoms with Crippen LogP contribution in [-0.4, -0.2) is 42.1 Å². The van der Waals surface area contributed by atoms with Crippen LogP contribution in [0.2, 0.25) is 0 Å². The van der Waals surface area contributed by atoms with Crippen LogP contribution in [-0.2, 0) is 0 Å². The summed E-state index contributed by atoms with van der Waals surface area (Å²) in [5.41, 5.74) is 7.61. The van der Waals surface area contributed by atoms with Crippen LogP contribution >= 0.6 is 0 Å². The van der Waals surface area contributed by atoms with E-state index < -0.39 is 0 Å². The Balaban J connectivity index is 2.53. The number of aryl methyl sites for hydroxylation is 1. The van der Waals surface area contributed by atoms with E-state index in [9.17, 15) is 0 Å². The Labute approximate surface area is 97.1 Å². The lowest BCUT2D eigenvalue weighted by Crippen LogP contribution is -2.17. The number of rotatable bonds is 5. The van der Waals surface area contributed by atoms with Gasteiger partial charge in [0.05, 0.1) is 0 Å². The van der Waals surface area contributed by atoms with Gasteiger partial charge in [-0.2, -0.15) is 4.98 Å². The molecule has 0 radical (unpaired) electrons. The zero-order chi connectivity index (χ0) is 12.1. The molecule has 0 aliphatic carbocycles. The van der Waals surface area contributed by atoms with Crippen LogP contribution in [0.3, 0.4) is 0 Å². The first kappa shape index (κ1) is 12.7. The van der Waals surface area contributed by atoms with E-state index >= 15 is 0 Å². The van der Waals surface area contributed by atoms with Crippen LogP contribution in [0.25, 0.3) is 0 Å². The van der Waals surface area contributed by atoms with Gasteiger partial charge in [0.2, 0.25) is 5.95 Å². The van der Waals surface area contributed by atoms with Crippen LogP contribution in [0.4, 0.5) is 11.8 Å². The quantitative estimate of drug-likeness (QED) is 0.730. The van der Waals surface area contributed by atoms with Crippen LogP contribution in [0.5, 0.6) is 0 Å². The summed E-state index contributed by atoms with van der Waals surface area (Å²) in [5.74, 6) is 1.18. The molecule has 0 unspecified atom stereocenters. The van der Waals surface area contributed by atoms with E-state index in [0.29, 0.717) is 5.95 Å². The standard InChI is InChI=1S/C11H21N5/c1-8-9(2)14-11(12)15-10(8)13-6-5-7-16(3)4/h5-7H2,1-4H3,(H3,12,13,14,15). The molecule has 0 bridgehead atoms. The predicted octanol–water partition coefficient (Wildman–Crippen LogP) is 1.04. The van der Waals surface area contributed by atoms with Crippen LogP contribution in [0.1, 0.15) is 17.7 Å². The van der Waals surface area contributed by atoms with Crippen molar-refractivity contribution in [2.24, 2.45) is 0 Å². The second-order valence-corrected chi connectivity index (χ2v) is 4.22. The summed E-state index contributed by atoms with van der Waals surface area (Å²) in [5, 5.41) is 3.29. The average molecular weight is 223 g/mol. The van der Waals surface area contributed by atoms with Gasteiger partial charge in [-0.25, -0.2) is 4.98 Å². The molecule has 0 aromatic carbocycles. The molecule has 3 N–H and O–H groups in total. The first-order valence-electron chi connectivity index (χ1n) is 5.50. The summed E-state index contributed by atoms with van der Waals surface area (Å²) in [7, 11) is 4.14. The van der Waals surface area contributed by atoms with E-state index in [0.717, 1.165) is 36.6 Å². The Hall–Kier alpha value is -1.36. The van der Waals surface area contributed by atoms with E-state index in [1.807, 2.05) is 13.8 Å². The van der Waals surface area contributed by atoms with Crippen molar-refractivity contribution in [3.8, 4) is 0 Å². The highest BCUT2D eigenvalue weighted by atomic mass is 15.1. The zero-order valence-corrected chi connectivity index (χ0v) is 10.5. The Kier molecular flexibility index (Phi) is 4.49. The molecule has 0 saturated carbocycles. The third kappa shape index (κ3) is 3.66. The lowest BCUT2D eigenvalue weighted by Gasteiger charge is -2.12. The number of nitrogens with one attached hydrogen (secondary N) is 1. The van der Waals surface area contributed by atoms with Crippen molar-refractivity contribution in [2.45, 2.75) is 20.3 Å². The van der Waals surface area contributed by atoms with Gasteiger partial charge in [-0.1, -0.05) is 0 Å². The molecule has 1 aromatic heterocycles. The number of anilines is 2. The average Bonchev–Trinajstić information content (AvgIpc) is 2.19. The van der Waals surface area contributed by atoms with Gasteiger partial charge in [0.25, 0.3) is 0 Å². The molecule has 0 atom stereocenters. The van der Waals surface area contributed by atoms with E-state index in [1.54, 1.807) is 0 Å². The van der Waals surface area contributed by atoms with Gasteiger partial charge in [-0.3, -0.25) is 0 Å². The van der Waals surface area contributed by atoms with E-state index in [4.69, 9.17) is 5.73 Å². The van der Waals surface area contributed by atoms with Crippen molar-refractivity contribution < 1.29 is 0 Å². The predicted molar refractivity (Wildman–Crippen MR) is 67.6 cm³/mol. The van der Waals surface area contributed by atoms with Crippen LogP contribution < -0.4 is 11.1 Å². The molecule has 0 aliphatic rings. The Morgan fingerprint density at radius 3 is 2.56 bits per heavy atom. The minimum atomic E-state index is 0.332. The summed E-state index contributed by atoms with van der Waals surface area (Å²) in [4.78, 5) is 10.5. The third-order valence-electron chi connectivity index (χ3n) is 2.48. The Morgan fingerprint density at radius 1 is 1.25 bits per heavy atom. The highest BCUT2D eigenvalue weighted by Crippen LogP contribution is 2.15. The molecule has 90 valence electrons. The lowest BCUT2D eigenvalue weighted by molar-refractivity contribution is 0.405. The molecule has 0 spiro atoms. The first-order valence-corrected chi connectivity index (χ1v) is 5.50. The number of hydrogen-bond acceptors (Lipinski definition) is 5. The maximum atomic E-state index is 5.61. The molecule has 0 amide bonds. The summed E-state index contributed by atoms with van der Waals surface area (Å²) in [6, 6.07) is 0. The number of nitrogens with zero attached hydrogens (tertiary/aromatic N) is 3. The summed E-state index contributed by atoms with van der Waals surface area (Å²) in [6.07, 6.45) is 1.08. The largest absolute Gasteiger partial charge is 0.370 e. The molecule has 1 heterocycles. The smallest absolute Gasteiger partial charge is 0.222 e. The van der Waals surface area contributed by atoms with Crippen LogP contribution in [0, 0.1) is 13.8 Å². The molecular formula is C11H21N5. The van der Waals surface area contributed by atoms with E-state index in [-0.39, 0.29) is 0 Å². The second-order valence-electron chi connectivity index (χ2n) is 4.22. The minimum absolute atomic E-state index is 0.332. The molecule has 5 heteroatoms. The fourth-order valence-corrected chi connectivity index (χ4v) is 1.42. The fraction of sp³-hybridized carbons (Fsp3) is 0.636. The summed E-state index contributed by atoms with van der Waals surface area (Å²) in [6.45, 7) is 5.90. The molecular weight excluding hydrogens is 202 g/mol. The fourth-order valence-electron chi connectivity index (χ4n) is 1.42. The van der Waals surface area contributed by atoms with Crippen LogP contribution in [0.15, 0.2) is 0 Å². The van der Waals surface area contributed by atoms with Crippen molar-refractivity contribution >= 4 is 11.8 Å². The van der Waals surface area contributed by atoms with Gasteiger partial charge >= 0.3 is 0 Å². The molecule has 0 saturated heterocycles. The lowest BCUT2D eigenvalue weighted by atomic mass is 10.2. The third-order valence-corrected chi connectivity index (χ3v) is 2.48. The van der Waals surface area contributed by atoms with Gasteiger partial charge in [-0.05, 0) is 40.9 Å². The van der Waals surface area contributed by atoms with Gasteiger partial charge < -0.3 is 16.0 Å². The SMILES string of the molecule is Cc1nc(N)nc(NCCCN(C)C)c1C. The molecule has 16 heavy (non-hydrogen) atoms. The van der Waals surface area contributed by atoms with E-state index in [1.165, 1.54) is 0 Å². The Bertz CT molecular complexity index is 348. The second kappa shape index (κ2) is 5.65. The summed E-state index contributed by atoms with van der Waals surface area (Å²) < 4.78 is 0. The topological polar surface area (TPSA) is 67.1 Å². The molecule has 5 nitrogen and oxygen atoms in total. The van der Waals surface area contributed by atoms with Crippen molar-refractivity contribution in [1.29, 1.82) is 0 Å². The maximum absolute atomic E-state index is 5.61. The highest BCUT2D eigenvalue weighted by molar-refractivity contribution is 5.48. The number of aromatic nitrogens is 2. The molecule has 0 aliphatic heterocycles. The van der Waals surface area contributed by atoms with Crippen molar-refractivity contribution in [3.05, 3.63) is 11.3 Å². The molecule has 1 rings (SSSR count). The normalized spacial score (nSPS) is 10.8. The highest BCUT2D eigenvalue weighted by Gasteiger charge is 2.05. The minimum Gasteiger partial charge on any atom is -0.370 e. The number of nitrogens with two attached hydrogens (primary N) is 1. The summed E-state index contributed by atoms with van der Waals surface area (Å²) >= 11 is 0. The van der Waals surface area contributed by atoms with Gasteiger partial charge in [0.1, 0.15) is 5.82 Å². The molecule has 1 aromatic rings.